The topological polar surface area (TPSA) is 62.2 Å². The van der Waals surface area contributed by atoms with E-state index in [1.54, 1.807) is 28.0 Å². The molecule has 0 aromatic heterocycles. The third-order valence-corrected chi connectivity index (χ3v) is 2.73. The van der Waals surface area contributed by atoms with E-state index >= 15 is 0 Å². The summed E-state index contributed by atoms with van der Waals surface area (Å²) in [5.74, 6) is 1.04. The quantitative estimate of drug-likeness (QED) is 0.280. The molecule has 0 amide bonds. The van der Waals surface area contributed by atoms with Crippen LogP contribution in [0.5, 0.6) is 0 Å². The Morgan fingerprint density at radius 3 is 2.22 bits per heavy atom. The van der Waals surface area contributed by atoms with Crippen LogP contribution in [0.15, 0.2) is 36.6 Å². The van der Waals surface area contributed by atoms with Crippen LogP contribution in [0.4, 0.5) is 0 Å². The van der Waals surface area contributed by atoms with Gasteiger partial charge in [0.1, 0.15) is 11.5 Å². The molecule has 0 fully saturated rings. The average molecular weight is 325 g/mol. The van der Waals surface area contributed by atoms with Gasteiger partial charge < -0.3 is 15.5 Å². The van der Waals surface area contributed by atoms with E-state index in [9.17, 15) is 4.79 Å². The van der Waals surface area contributed by atoms with Crippen molar-refractivity contribution in [3.63, 3.8) is 0 Å². The molecule has 0 aromatic carbocycles. The lowest BCUT2D eigenvalue weighted by molar-refractivity contribution is -0.118. The summed E-state index contributed by atoms with van der Waals surface area (Å²) in [5, 5.41) is 10.1. The second-order valence-electron chi connectivity index (χ2n) is 4.60. The van der Waals surface area contributed by atoms with Crippen LogP contribution in [0, 0.1) is 5.41 Å². The molecule has 2 N–H and O–H groups in total. The predicted octanol–water partition coefficient (Wildman–Crippen LogP) is 4.68. The number of rotatable bonds is 9. The Balaban J connectivity index is -0.000000315. The molecule has 0 saturated heterocycles. The number of hydrogen-bond donors (Lipinski definition) is 2. The van der Waals surface area contributed by atoms with E-state index in [2.05, 4.69) is 11.9 Å². The molecule has 0 spiro atoms. The van der Waals surface area contributed by atoms with Crippen molar-refractivity contribution < 1.29 is 9.53 Å². The fourth-order valence-electron chi connectivity index (χ4n) is 1.47. The summed E-state index contributed by atoms with van der Waals surface area (Å²) < 4.78 is 4.99. The number of allylic oxidation sites excluding steroid dienone is 4. The predicted molar refractivity (Wildman–Crippen MR) is 102 cm³/mol. The number of ether oxygens (including phenoxy) is 1. The average Bonchev–Trinajstić information content (AvgIpc) is 2.54. The molecule has 0 bridgehead atoms. The summed E-state index contributed by atoms with van der Waals surface area (Å²) in [7, 11) is 3.44. The van der Waals surface area contributed by atoms with E-state index < -0.39 is 0 Å². The maximum absolute atomic E-state index is 10.8. The number of carbonyl (C=O) groups is 1. The first-order valence-corrected chi connectivity index (χ1v) is 8.12. The molecule has 4 nitrogen and oxygen atoms in total. The first-order valence-electron chi connectivity index (χ1n) is 8.12. The van der Waals surface area contributed by atoms with Gasteiger partial charge in [0.25, 0.3) is 0 Å². The SMILES string of the molecule is C/C=C(\C=C/CC(C)=N)OC.C=CCC[C@H](NC)C(C)=O.CC. The first kappa shape index (κ1) is 26.2. The van der Waals surface area contributed by atoms with Crippen molar-refractivity contribution in [2.24, 2.45) is 0 Å². The number of hydrogen-bond acceptors (Lipinski definition) is 4. The Kier molecular flexibility index (Phi) is 23.2. The molecule has 0 rings (SSSR count). The van der Waals surface area contributed by atoms with E-state index in [-0.39, 0.29) is 11.8 Å². The Morgan fingerprint density at radius 2 is 1.91 bits per heavy atom. The molecule has 0 saturated carbocycles. The van der Waals surface area contributed by atoms with E-state index in [4.69, 9.17) is 10.1 Å². The van der Waals surface area contributed by atoms with Crippen LogP contribution < -0.4 is 5.32 Å². The van der Waals surface area contributed by atoms with Crippen LogP contribution in [-0.2, 0) is 9.53 Å². The summed E-state index contributed by atoms with van der Waals surface area (Å²) in [6, 6.07) is 0.0120. The van der Waals surface area contributed by atoms with Gasteiger partial charge in [-0.05, 0) is 52.8 Å². The minimum Gasteiger partial charge on any atom is -0.497 e. The number of carbonyl (C=O) groups excluding carboxylic acids is 1. The standard InChI is InChI=1S/C9H15NO.C8H15NO.C2H6/c1-4-9(11-3)7-5-6-8(2)10;1-4-5-6-8(9-3)7(2)10;1-2/h4-5,7,10H,6H2,1-3H3;4,8-9H,1,5-6H2,2-3H3;1-2H3/b7-5-,9-4+,10-8?;;/t;8-;/m.0./s1. The highest BCUT2D eigenvalue weighted by molar-refractivity contribution is 5.81. The molecule has 0 radical (unpaired) electrons. The highest BCUT2D eigenvalue weighted by Crippen LogP contribution is 1.98. The van der Waals surface area contributed by atoms with Crippen molar-refractivity contribution in [3.05, 3.63) is 36.6 Å². The van der Waals surface area contributed by atoms with Gasteiger partial charge in [0.05, 0.1) is 13.2 Å². The lowest BCUT2D eigenvalue weighted by Gasteiger charge is -2.09. The summed E-state index contributed by atoms with van der Waals surface area (Å²) in [6.07, 6.45) is 9.95. The van der Waals surface area contributed by atoms with E-state index in [1.807, 2.05) is 45.1 Å². The lowest BCUT2D eigenvalue weighted by Crippen LogP contribution is -2.31. The lowest BCUT2D eigenvalue weighted by atomic mass is 10.1. The van der Waals surface area contributed by atoms with Gasteiger partial charge in [-0.2, -0.15) is 0 Å². The van der Waals surface area contributed by atoms with Gasteiger partial charge in [-0.3, -0.25) is 4.79 Å². The van der Waals surface area contributed by atoms with Gasteiger partial charge >= 0.3 is 0 Å². The second-order valence-corrected chi connectivity index (χ2v) is 4.60. The largest absolute Gasteiger partial charge is 0.497 e. The Labute approximate surface area is 143 Å². The van der Waals surface area contributed by atoms with E-state index in [0.717, 1.165) is 18.6 Å². The third kappa shape index (κ3) is 20.3. The summed E-state index contributed by atoms with van der Waals surface area (Å²) in [4.78, 5) is 10.8. The molecule has 0 unspecified atom stereocenters. The number of Topliss-reactive ketones (excluding diaryl/α,β-unsaturated/α-hetero) is 1. The molecule has 4 heteroatoms. The third-order valence-electron chi connectivity index (χ3n) is 2.73. The second kappa shape index (κ2) is 20.3. The van der Waals surface area contributed by atoms with Crippen molar-refractivity contribution in [2.75, 3.05) is 14.2 Å². The van der Waals surface area contributed by atoms with Gasteiger partial charge in [0, 0.05) is 12.1 Å². The molecule has 23 heavy (non-hydrogen) atoms. The van der Waals surface area contributed by atoms with Crippen LogP contribution in [0.25, 0.3) is 0 Å². The maximum atomic E-state index is 10.8. The number of nitrogens with one attached hydrogen (secondary N) is 2. The minimum absolute atomic E-state index is 0.0120. The fourth-order valence-corrected chi connectivity index (χ4v) is 1.47. The van der Waals surface area contributed by atoms with Crippen LogP contribution in [-0.4, -0.2) is 31.7 Å². The van der Waals surface area contributed by atoms with Crippen molar-refractivity contribution in [1.29, 1.82) is 5.41 Å². The summed E-state index contributed by atoms with van der Waals surface area (Å²) >= 11 is 0. The molecule has 1 atom stereocenters. The van der Waals surface area contributed by atoms with Crippen molar-refractivity contribution in [3.8, 4) is 0 Å². The molecule has 0 heterocycles. The van der Waals surface area contributed by atoms with Crippen LogP contribution in [0.2, 0.25) is 0 Å². The zero-order valence-electron chi connectivity index (χ0n) is 16.0. The van der Waals surface area contributed by atoms with Crippen molar-refractivity contribution in [1.82, 2.24) is 5.32 Å². The van der Waals surface area contributed by atoms with Gasteiger partial charge in [0.2, 0.25) is 0 Å². The molecular formula is C19H36N2O2. The minimum atomic E-state index is 0.0120. The van der Waals surface area contributed by atoms with Crippen molar-refractivity contribution in [2.45, 2.75) is 59.9 Å². The number of ketones is 1. The van der Waals surface area contributed by atoms with E-state index in [0.29, 0.717) is 12.1 Å². The molecule has 0 aliphatic rings. The molecular weight excluding hydrogens is 288 g/mol. The van der Waals surface area contributed by atoms with Crippen LogP contribution in [0.3, 0.4) is 0 Å². The molecule has 0 aliphatic heterocycles. The fraction of sp³-hybridized carbons (Fsp3) is 0.579. The first-order chi connectivity index (χ1) is 10.9. The summed E-state index contributed by atoms with van der Waals surface area (Å²) in [5.41, 5.74) is 0.660. The monoisotopic (exact) mass is 324 g/mol. The van der Waals surface area contributed by atoms with Gasteiger partial charge in [-0.15, -0.1) is 6.58 Å². The Hall–Kier alpha value is -1.68. The van der Waals surface area contributed by atoms with Crippen LogP contribution >= 0.6 is 0 Å². The van der Waals surface area contributed by atoms with Crippen LogP contribution in [0.1, 0.15) is 53.9 Å². The Bertz CT molecular complexity index is 372. The number of likely N-dealkylation sites (N-methyl/N-ethyl adjacent to an activating group) is 1. The summed E-state index contributed by atoms with van der Waals surface area (Å²) in [6.45, 7) is 12.9. The normalized spacial score (nSPS) is 11.5. The van der Waals surface area contributed by atoms with Gasteiger partial charge in [0.15, 0.2) is 0 Å². The zero-order chi connectivity index (χ0) is 18.7. The van der Waals surface area contributed by atoms with Gasteiger partial charge in [-0.25, -0.2) is 0 Å². The highest BCUT2D eigenvalue weighted by atomic mass is 16.5. The molecule has 0 aliphatic carbocycles. The smallest absolute Gasteiger partial charge is 0.146 e. The number of methoxy groups -OCH3 is 1. The molecule has 134 valence electrons. The molecule has 0 aromatic rings. The zero-order valence-corrected chi connectivity index (χ0v) is 16.0. The Morgan fingerprint density at radius 1 is 1.35 bits per heavy atom. The van der Waals surface area contributed by atoms with E-state index in [1.165, 1.54) is 0 Å². The van der Waals surface area contributed by atoms with Crippen molar-refractivity contribution >= 4 is 11.5 Å². The highest BCUT2D eigenvalue weighted by Gasteiger charge is 2.08. The maximum Gasteiger partial charge on any atom is 0.146 e. The van der Waals surface area contributed by atoms with Gasteiger partial charge in [-0.1, -0.05) is 26.0 Å².